The topological polar surface area (TPSA) is 0 Å². The van der Waals surface area contributed by atoms with Crippen molar-refractivity contribution in [2.45, 2.75) is 116 Å². The molecule has 0 aliphatic rings. The average molecular weight is 624 g/mol. The van der Waals surface area contributed by atoms with Crippen molar-refractivity contribution < 1.29 is 17.7 Å². The SMILES string of the molecule is CCCC[N+](CCCC)(CCCC)CCCC.[BH3-]CCCCCC(c1ccccc1F)(c1ccccc1F)c1ccccc1F. The zero-order valence-corrected chi connectivity index (χ0v) is 28.0. The summed E-state index contributed by atoms with van der Waals surface area (Å²) in [7, 11) is 0.361. The summed E-state index contributed by atoms with van der Waals surface area (Å²) in [5.41, 5.74) is -0.238. The highest BCUT2D eigenvalue weighted by Crippen LogP contribution is 2.46. The summed E-state index contributed by atoms with van der Waals surface area (Å²) in [5.74, 6) is -1.33. The first kappa shape index (κ1) is 38.7. The van der Waals surface area contributed by atoms with Crippen LogP contribution in [0.2, 0.25) is 6.32 Å². The first-order chi connectivity index (χ1) is 21.9. The summed E-state index contributed by atoms with van der Waals surface area (Å²) < 4.78 is 46.6. The molecule has 0 unspecified atom stereocenters. The number of unbranched alkanes of at least 4 members (excludes halogenated alkanes) is 6. The van der Waals surface area contributed by atoms with E-state index < -0.39 is 22.9 Å². The standard InChI is InChI=1S/C24H25BF3.C16H36N/c25-17-9-1-8-16-24(18-10-2-5-13-21(18)26,19-11-3-6-14-22(19)27)20-12-4-7-15-23(20)28;1-5-9-13-17(14-10-6-2,15-11-7-3)16-12-8-4/h2-7,10-15H,1,8-9,16-17H2,25H3;5-16H2,1-4H3/q-1;+1. The quantitative estimate of drug-likeness (QED) is 0.0508. The molecule has 0 spiro atoms. The Bertz CT molecular complexity index is 1060. The van der Waals surface area contributed by atoms with E-state index >= 15 is 13.2 Å². The molecule has 3 rings (SSSR count). The van der Waals surface area contributed by atoms with Crippen molar-refractivity contribution in [1.82, 2.24) is 0 Å². The maximum absolute atomic E-state index is 15.1. The monoisotopic (exact) mass is 623 g/mol. The zero-order valence-electron chi connectivity index (χ0n) is 28.0. The van der Waals surface area contributed by atoms with E-state index in [0.29, 0.717) is 31.0 Å². The van der Waals surface area contributed by atoms with Crippen molar-refractivity contribution in [3.8, 4) is 0 Å². The normalized spacial score (nSPS) is 11.7. The van der Waals surface area contributed by atoms with Crippen molar-refractivity contribution in [2.24, 2.45) is 0 Å². The molecule has 0 heterocycles. The Morgan fingerprint density at radius 1 is 0.489 bits per heavy atom. The molecule has 0 atom stereocenters. The van der Waals surface area contributed by atoms with Crippen LogP contribution in [-0.4, -0.2) is 38.5 Å². The van der Waals surface area contributed by atoms with Crippen LogP contribution in [0.3, 0.4) is 0 Å². The van der Waals surface area contributed by atoms with Gasteiger partial charge in [-0.2, -0.15) is 6.32 Å². The Labute approximate surface area is 274 Å². The maximum Gasteiger partial charge on any atom is 0.127 e. The Morgan fingerprint density at radius 3 is 1.11 bits per heavy atom. The van der Waals surface area contributed by atoms with Crippen LogP contribution in [0.15, 0.2) is 72.8 Å². The third kappa shape index (κ3) is 11.3. The number of hydrogen-bond donors (Lipinski definition) is 0. The predicted octanol–water partition coefficient (Wildman–Crippen LogP) is 10.8. The van der Waals surface area contributed by atoms with Gasteiger partial charge in [-0.3, -0.25) is 0 Å². The first-order valence-corrected chi connectivity index (χ1v) is 17.2. The lowest BCUT2D eigenvalue weighted by Gasteiger charge is -2.39. The lowest BCUT2D eigenvalue weighted by Crippen LogP contribution is -2.50. The van der Waals surface area contributed by atoms with Crippen LogP contribution in [0.1, 0.15) is 121 Å². The molecule has 250 valence electrons. The van der Waals surface area contributed by atoms with Gasteiger partial charge in [-0.1, -0.05) is 127 Å². The van der Waals surface area contributed by atoms with Crippen molar-refractivity contribution >= 4 is 7.85 Å². The first-order valence-electron chi connectivity index (χ1n) is 17.2. The van der Waals surface area contributed by atoms with Crippen LogP contribution >= 0.6 is 0 Å². The van der Waals surface area contributed by atoms with E-state index in [1.807, 2.05) is 0 Å². The van der Waals surface area contributed by atoms with Gasteiger partial charge in [0.1, 0.15) is 17.5 Å². The van der Waals surface area contributed by atoms with E-state index in [2.05, 4.69) is 27.7 Å². The molecule has 0 saturated carbocycles. The molecule has 0 amide bonds. The summed E-state index contributed by atoms with van der Waals surface area (Å²) in [5, 5.41) is 0. The fourth-order valence-electron chi connectivity index (χ4n) is 6.47. The minimum Gasteiger partial charge on any atom is -0.324 e. The van der Waals surface area contributed by atoms with Crippen molar-refractivity contribution in [3.05, 3.63) is 107 Å². The summed E-state index contributed by atoms with van der Waals surface area (Å²) in [6.45, 7) is 15.0. The van der Waals surface area contributed by atoms with Crippen LogP contribution in [0.25, 0.3) is 0 Å². The van der Waals surface area contributed by atoms with Gasteiger partial charge in [-0.05, 0) is 58.1 Å². The van der Waals surface area contributed by atoms with E-state index in [9.17, 15) is 0 Å². The van der Waals surface area contributed by atoms with E-state index in [0.717, 1.165) is 19.3 Å². The van der Waals surface area contributed by atoms with E-state index in [1.54, 1.807) is 54.6 Å². The highest BCUT2D eigenvalue weighted by Gasteiger charge is 2.41. The fraction of sp³-hybridized carbons (Fsp3) is 0.550. The van der Waals surface area contributed by atoms with E-state index in [1.165, 1.54) is 107 Å². The molecule has 3 aromatic rings. The number of rotatable bonds is 20. The minimum atomic E-state index is -1.21. The lowest BCUT2D eigenvalue weighted by atomic mass is 9.66. The van der Waals surface area contributed by atoms with Crippen LogP contribution in [0.4, 0.5) is 13.2 Å². The van der Waals surface area contributed by atoms with Crippen LogP contribution < -0.4 is 0 Å². The Hall–Kier alpha value is -2.53. The van der Waals surface area contributed by atoms with Gasteiger partial charge in [-0.25, -0.2) is 13.2 Å². The fourth-order valence-corrected chi connectivity index (χ4v) is 6.47. The molecule has 1 nitrogen and oxygen atoms in total. The summed E-state index contributed by atoms with van der Waals surface area (Å²) in [4.78, 5) is 0. The third-order valence-electron chi connectivity index (χ3n) is 9.00. The van der Waals surface area contributed by atoms with Gasteiger partial charge in [0.05, 0.1) is 31.6 Å². The van der Waals surface area contributed by atoms with E-state index in [4.69, 9.17) is 0 Å². The second-order valence-electron chi connectivity index (χ2n) is 12.3. The van der Waals surface area contributed by atoms with Crippen molar-refractivity contribution in [3.63, 3.8) is 0 Å². The zero-order chi connectivity index (χ0) is 33.0. The smallest absolute Gasteiger partial charge is 0.127 e. The Kier molecular flexibility index (Phi) is 18.3. The number of hydrogen-bond acceptors (Lipinski definition) is 0. The summed E-state index contributed by atoms with van der Waals surface area (Å²) in [6, 6.07) is 19.1. The van der Waals surface area contributed by atoms with Crippen LogP contribution in [0, 0.1) is 17.5 Å². The molecular formula is C40H61BF3N. The third-order valence-corrected chi connectivity index (χ3v) is 9.00. The molecule has 0 saturated heterocycles. The summed E-state index contributed by atoms with van der Waals surface area (Å²) in [6.07, 6.45) is 15.7. The molecule has 3 aromatic carbocycles. The summed E-state index contributed by atoms with van der Waals surface area (Å²) >= 11 is 0. The average Bonchev–Trinajstić information content (AvgIpc) is 3.06. The van der Waals surface area contributed by atoms with Gasteiger partial charge in [-0.15, -0.1) is 0 Å². The minimum absolute atomic E-state index is 0.323. The molecule has 5 heteroatoms. The maximum atomic E-state index is 15.1. The molecule has 45 heavy (non-hydrogen) atoms. The predicted molar refractivity (Wildman–Crippen MR) is 192 cm³/mol. The molecule has 0 aromatic heterocycles. The highest BCUT2D eigenvalue weighted by molar-refractivity contribution is 6.08. The van der Waals surface area contributed by atoms with Gasteiger partial charge in [0.2, 0.25) is 0 Å². The molecule has 0 fully saturated rings. The van der Waals surface area contributed by atoms with E-state index in [-0.39, 0.29) is 0 Å². The van der Waals surface area contributed by atoms with Gasteiger partial charge in [0.25, 0.3) is 0 Å². The number of benzene rings is 3. The van der Waals surface area contributed by atoms with Gasteiger partial charge < -0.3 is 4.48 Å². The molecule has 0 aliphatic heterocycles. The second-order valence-corrected chi connectivity index (χ2v) is 12.3. The largest absolute Gasteiger partial charge is 0.324 e. The van der Waals surface area contributed by atoms with Gasteiger partial charge in [0.15, 0.2) is 0 Å². The highest BCUT2D eigenvalue weighted by atomic mass is 19.1. The van der Waals surface area contributed by atoms with Crippen molar-refractivity contribution in [2.75, 3.05) is 26.2 Å². The number of halogens is 3. The Balaban J connectivity index is 0.000000358. The number of nitrogens with zero attached hydrogens (tertiary/aromatic N) is 1. The van der Waals surface area contributed by atoms with Gasteiger partial charge in [0, 0.05) is 16.7 Å². The van der Waals surface area contributed by atoms with Crippen LogP contribution in [0.5, 0.6) is 0 Å². The molecule has 0 radical (unpaired) electrons. The Morgan fingerprint density at radius 2 is 0.822 bits per heavy atom. The molecular weight excluding hydrogens is 562 g/mol. The number of quaternary nitrogens is 1. The lowest BCUT2D eigenvalue weighted by molar-refractivity contribution is -0.929. The van der Waals surface area contributed by atoms with Gasteiger partial charge >= 0.3 is 0 Å². The van der Waals surface area contributed by atoms with Crippen molar-refractivity contribution in [1.29, 1.82) is 0 Å². The van der Waals surface area contributed by atoms with Crippen LogP contribution in [-0.2, 0) is 5.41 Å². The molecule has 0 N–H and O–H groups in total. The second kappa shape index (κ2) is 21.3. The molecule has 0 bridgehead atoms. The molecule has 0 aliphatic carbocycles.